The van der Waals surface area contributed by atoms with Gasteiger partial charge in [0.2, 0.25) is 15.9 Å². The van der Waals surface area contributed by atoms with Crippen molar-refractivity contribution in [1.29, 1.82) is 0 Å². The van der Waals surface area contributed by atoms with Crippen LogP contribution >= 0.6 is 0 Å². The molecule has 3 rings (SSSR count). The Kier molecular flexibility index (Phi) is 11.3. The first-order chi connectivity index (χ1) is 19.5. The molecule has 3 N–H and O–H groups in total. The van der Waals surface area contributed by atoms with Gasteiger partial charge in [-0.3, -0.25) is 4.79 Å². The second-order valence-electron chi connectivity index (χ2n) is 9.50. The lowest BCUT2D eigenvalue weighted by atomic mass is 10.0. The third kappa shape index (κ3) is 9.31. The summed E-state index contributed by atoms with van der Waals surface area (Å²) in [6.07, 6.45) is -2.22. The van der Waals surface area contributed by atoms with Gasteiger partial charge in [-0.2, -0.15) is 13.2 Å². The number of amides is 1. The molecule has 0 saturated carbocycles. The second kappa shape index (κ2) is 13.8. The van der Waals surface area contributed by atoms with Crippen molar-refractivity contribution in [3.63, 3.8) is 0 Å². The number of amidine groups is 1. The largest absolute Gasteiger partial charge is 0.495 e. The molecule has 1 aliphatic rings. The van der Waals surface area contributed by atoms with Gasteiger partial charge in [0, 0.05) is 26.0 Å². The zero-order chi connectivity index (χ0) is 31.9. The summed E-state index contributed by atoms with van der Waals surface area (Å²) in [6.45, 7) is 6.41. The maximum atomic E-state index is 14.5. The summed E-state index contributed by atoms with van der Waals surface area (Å²) in [5, 5.41) is 5.06. The van der Waals surface area contributed by atoms with Crippen LogP contribution in [-0.4, -0.2) is 59.4 Å². The Morgan fingerprint density at radius 1 is 1.14 bits per heavy atom. The second-order valence-corrected chi connectivity index (χ2v) is 11.5. The summed E-state index contributed by atoms with van der Waals surface area (Å²) < 4.78 is 89.0. The molecule has 14 heteroatoms. The van der Waals surface area contributed by atoms with Crippen molar-refractivity contribution in [2.45, 2.75) is 38.5 Å². The number of allylic oxidation sites excluding steroid dienone is 2. The van der Waals surface area contributed by atoms with Crippen LogP contribution in [0, 0.1) is 5.82 Å². The zero-order valence-corrected chi connectivity index (χ0v) is 24.9. The Hall–Kier alpha value is -3.91. The Balaban J connectivity index is 0.000000928. The van der Waals surface area contributed by atoms with E-state index >= 15 is 0 Å². The van der Waals surface area contributed by atoms with E-state index < -0.39 is 45.0 Å². The lowest BCUT2D eigenvalue weighted by molar-refractivity contribution is -0.0948. The number of anilines is 1. The van der Waals surface area contributed by atoms with Crippen molar-refractivity contribution in [1.82, 2.24) is 10.0 Å². The summed E-state index contributed by atoms with van der Waals surface area (Å²) in [5.41, 5.74) is -0.327. The van der Waals surface area contributed by atoms with E-state index in [1.807, 2.05) is 24.3 Å². The molecule has 0 spiro atoms. The number of aliphatic imine (C=N–C) groups is 1. The predicted octanol–water partition coefficient (Wildman–Crippen LogP) is 4.72. The average molecular weight is 615 g/mol. The SMILES string of the molecule is C=C/C(=C(\N=C(/C)Nc1cc(F)c(C(=O)NC)cc1OC)OC1(C)Cc2ccccc2C1)C(F)(F)F.CNS(C)(=O)=O. The van der Waals surface area contributed by atoms with Gasteiger partial charge < -0.3 is 20.1 Å². The van der Waals surface area contributed by atoms with Crippen LogP contribution in [0.25, 0.3) is 0 Å². The fourth-order valence-corrected chi connectivity index (χ4v) is 4.04. The molecule has 0 atom stereocenters. The van der Waals surface area contributed by atoms with Gasteiger partial charge in [0.15, 0.2) is 0 Å². The molecule has 2 aromatic carbocycles. The van der Waals surface area contributed by atoms with Gasteiger partial charge in [0.25, 0.3) is 5.91 Å². The summed E-state index contributed by atoms with van der Waals surface area (Å²) >= 11 is 0. The molecule has 0 bridgehead atoms. The first-order valence-electron chi connectivity index (χ1n) is 12.5. The molecule has 0 aliphatic heterocycles. The summed E-state index contributed by atoms with van der Waals surface area (Å²) in [6, 6.07) is 9.72. The standard InChI is InChI=1S/C26H27F4N3O3.C2H7NO2S/c1-6-19(26(28,29)30)24(36-25(3)13-16-9-7-8-10-17(16)14-25)33-15(2)32-21-12-20(27)18(23(34)31-4)11-22(21)35-5;1-3-6(2,4)5/h6-12H,1,13-14H2,2-5H3,(H,31,34)(H,32,33);3H,1-2H3/b24-19-;. The van der Waals surface area contributed by atoms with E-state index in [1.165, 1.54) is 34.2 Å². The van der Waals surface area contributed by atoms with Crippen molar-refractivity contribution in [2.24, 2.45) is 4.99 Å². The van der Waals surface area contributed by atoms with Gasteiger partial charge in [-0.25, -0.2) is 22.5 Å². The molecule has 1 amide bonds. The van der Waals surface area contributed by atoms with Crippen molar-refractivity contribution in [2.75, 3.05) is 32.8 Å². The van der Waals surface area contributed by atoms with E-state index in [-0.39, 0.29) is 22.8 Å². The molecule has 1 aliphatic carbocycles. The van der Waals surface area contributed by atoms with Gasteiger partial charge in [-0.1, -0.05) is 36.9 Å². The molecule has 9 nitrogen and oxygen atoms in total. The zero-order valence-electron chi connectivity index (χ0n) is 24.1. The highest BCUT2D eigenvalue weighted by atomic mass is 32.2. The number of carbonyl (C=O) groups is 1. The molecule has 0 fully saturated rings. The Morgan fingerprint density at radius 3 is 2.12 bits per heavy atom. The first kappa shape index (κ1) is 34.3. The summed E-state index contributed by atoms with van der Waals surface area (Å²) in [7, 11) is 1.12. The van der Waals surface area contributed by atoms with Gasteiger partial charge in [0.1, 0.15) is 28.6 Å². The lowest BCUT2D eigenvalue weighted by Crippen LogP contribution is -2.30. The molecule has 0 aromatic heterocycles. The average Bonchev–Trinajstić information content (AvgIpc) is 3.23. The van der Waals surface area contributed by atoms with E-state index in [0.29, 0.717) is 18.9 Å². The maximum Gasteiger partial charge on any atom is 0.421 e. The topological polar surface area (TPSA) is 118 Å². The van der Waals surface area contributed by atoms with E-state index in [1.54, 1.807) is 6.92 Å². The van der Waals surface area contributed by atoms with E-state index in [2.05, 4.69) is 26.9 Å². The third-order valence-corrected chi connectivity index (χ3v) is 6.79. The fraction of sp³-hybridized carbons (Fsp3) is 0.357. The summed E-state index contributed by atoms with van der Waals surface area (Å²) in [5.74, 6) is -2.12. The van der Waals surface area contributed by atoms with Crippen molar-refractivity contribution >= 4 is 27.5 Å². The number of benzene rings is 2. The Labute approximate surface area is 242 Å². The number of halogens is 4. The number of fused-ring (bicyclic) bond motifs is 1. The predicted molar refractivity (Wildman–Crippen MR) is 154 cm³/mol. The smallest absolute Gasteiger partial charge is 0.421 e. The van der Waals surface area contributed by atoms with Crippen LogP contribution in [0.15, 0.2) is 65.5 Å². The molecule has 0 saturated heterocycles. The van der Waals surface area contributed by atoms with Crippen molar-refractivity contribution in [3.8, 4) is 5.75 Å². The number of ether oxygens (including phenoxy) is 2. The van der Waals surface area contributed by atoms with Crippen LogP contribution in [0.5, 0.6) is 5.75 Å². The van der Waals surface area contributed by atoms with Crippen LogP contribution in [0.3, 0.4) is 0 Å². The van der Waals surface area contributed by atoms with Gasteiger partial charge in [-0.05, 0) is 38.1 Å². The third-order valence-electron chi connectivity index (χ3n) is 6.05. The minimum absolute atomic E-state index is 0.0295. The molecule has 42 heavy (non-hydrogen) atoms. The van der Waals surface area contributed by atoms with Crippen molar-refractivity contribution < 1.29 is 40.2 Å². The minimum Gasteiger partial charge on any atom is -0.495 e. The van der Waals surface area contributed by atoms with E-state index in [0.717, 1.165) is 23.4 Å². The molecule has 230 valence electrons. The number of hydrogen-bond acceptors (Lipinski definition) is 6. The number of sulfonamides is 1. The highest BCUT2D eigenvalue weighted by Gasteiger charge is 2.40. The van der Waals surface area contributed by atoms with E-state index in [4.69, 9.17) is 9.47 Å². The monoisotopic (exact) mass is 614 g/mol. The number of alkyl halides is 3. The van der Waals surface area contributed by atoms with Crippen LogP contribution in [0.1, 0.15) is 35.3 Å². The molecular formula is C28H34F4N4O5S. The first-order valence-corrected chi connectivity index (χ1v) is 14.4. The highest BCUT2D eigenvalue weighted by Crippen LogP contribution is 2.38. The van der Waals surface area contributed by atoms with Crippen LogP contribution < -0.4 is 20.1 Å². The van der Waals surface area contributed by atoms with E-state index in [9.17, 15) is 30.8 Å². The molecule has 0 heterocycles. The Morgan fingerprint density at radius 2 is 1.69 bits per heavy atom. The van der Waals surface area contributed by atoms with Crippen molar-refractivity contribution in [3.05, 3.63) is 83.0 Å². The number of methoxy groups -OCH3 is 1. The van der Waals surface area contributed by atoms with Crippen LogP contribution in [0.4, 0.5) is 23.2 Å². The normalized spacial score (nSPS) is 15.0. The lowest BCUT2D eigenvalue weighted by Gasteiger charge is -2.27. The number of nitrogens with one attached hydrogen (secondary N) is 3. The number of carbonyl (C=O) groups excluding carboxylic acids is 1. The molecule has 0 radical (unpaired) electrons. The number of hydrogen-bond donors (Lipinski definition) is 3. The van der Waals surface area contributed by atoms with Gasteiger partial charge >= 0.3 is 6.18 Å². The van der Waals surface area contributed by atoms with Gasteiger partial charge in [-0.15, -0.1) is 0 Å². The van der Waals surface area contributed by atoms with Crippen LogP contribution in [0.2, 0.25) is 0 Å². The molecule has 0 unspecified atom stereocenters. The maximum absolute atomic E-state index is 14.5. The number of rotatable bonds is 8. The molecular weight excluding hydrogens is 580 g/mol. The quantitative estimate of drug-likeness (QED) is 0.130. The van der Waals surface area contributed by atoms with Crippen LogP contribution in [-0.2, 0) is 27.6 Å². The fourth-order valence-electron chi connectivity index (χ4n) is 4.04. The number of nitrogens with zero attached hydrogens (tertiary/aromatic N) is 1. The molecule has 2 aromatic rings. The highest BCUT2D eigenvalue weighted by molar-refractivity contribution is 7.88. The Bertz CT molecular complexity index is 1460. The summed E-state index contributed by atoms with van der Waals surface area (Å²) in [4.78, 5) is 15.9. The minimum atomic E-state index is -4.78. The van der Waals surface area contributed by atoms with Gasteiger partial charge in [0.05, 0.1) is 24.6 Å².